The van der Waals surface area contributed by atoms with Crippen LogP contribution < -0.4 is 0 Å². The number of likely N-dealkylation sites (tertiary alicyclic amines) is 1. The van der Waals surface area contributed by atoms with Gasteiger partial charge in [-0.2, -0.15) is 0 Å². The van der Waals surface area contributed by atoms with Gasteiger partial charge in [0, 0.05) is 27.5 Å². The summed E-state index contributed by atoms with van der Waals surface area (Å²) in [4.78, 5) is 14.7. The second kappa shape index (κ2) is 10.6. The van der Waals surface area contributed by atoms with Crippen LogP contribution in [0.1, 0.15) is 29.9 Å². The molecule has 0 bridgehead atoms. The van der Waals surface area contributed by atoms with E-state index in [0.717, 1.165) is 59.2 Å². The Morgan fingerprint density at radius 2 is 1.69 bits per heavy atom. The Balaban J connectivity index is 1.51. The quantitative estimate of drug-likeness (QED) is 0.248. The molecule has 4 nitrogen and oxygen atoms in total. The molecule has 1 fully saturated rings. The molecule has 0 atom stereocenters. The number of hydrogen-bond acceptors (Lipinski definition) is 3. The van der Waals surface area contributed by atoms with Gasteiger partial charge >= 0.3 is 5.97 Å². The van der Waals surface area contributed by atoms with Crippen LogP contribution in [-0.2, 0) is 22.6 Å². The van der Waals surface area contributed by atoms with Crippen LogP contribution in [0, 0.1) is 5.82 Å². The molecule has 4 aromatic rings. The second-order valence-corrected chi connectivity index (χ2v) is 10.0. The molecule has 36 heavy (non-hydrogen) atoms. The maximum Gasteiger partial charge on any atom is 0.325 e. The van der Waals surface area contributed by atoms with Crippen molar-refractivity contribution in [1.29, 1.82) is 0 Å². The molecule has 0 spiro atoms. The Hall–Kier alpha value is -2.86. The number of carbonyl (C=O) groups is 1. The highest BCUT2D eigenvalue weighted by molar-refractivity contribution is 6.36. The lowest BCUT2D eigenvalue weighted by atomic mass is 9.89. The van der Waals surface area contributed by atoms with Gasteiger partial charge < -0.3 is 9.30 Å². The molecule has 3 aromatic carbocycles. The molecule has 5 rings (SSSR count). The number of ether oxygens (including phenoxy) is 1. The summed E-state index contributed by atoms with van der Waals surface area (Å²) in [5, 5.41) is 2.25. The molecule has 186 valence electrons. The predicted molar refractivity (Wildman–Crippen MR) is 143 cm³/mol. The monoisotopic (exact) mass is 524 g/mol. The van der Waals surface area contributed by atoms with Crippen LogP contribution in [0.25, 0.3) is 22.2 Å². The van der Waals surface area contributed by atoms with E-state index in [1.807, 2.05) is 53.1 Å². The Kier molecular flexibility index (Phi) is 7.33. The molecule has 7 heteroatoms. The van der Waals surface area contributed by atoms with Crippen molar-refractivity contribution in [3.63, 3.8) is 0 Å². The summed E-state index contributed by atoms with van der Waals surface area (Å²) in [6.07, 6.45) is 1.86. The summed E-state index contributed by atoms with van der Waals surface area (Å²) in [5.74, 6) is -0.350. The maximum absolute atomic E-state index is 14.4. The van der Waals surface area contributed by atoms with E-state index in [1.54, 1.807) is 12.1 Å². The summed E-state index contributed by atoms with van der Waals surface area (Å²) in [6.45, 7) is 2.41. The van der Waals surface area contributed by atoms with E-state index in [4.69, 9.17) is 27.9 Å². The molecule has 0 aliphatic carbocycles. The number of carbonyl (C=O) groups excluding carboxylic acids is 1. The van der Waals surface area contributed by atoms with Gasteiger partial charge in [0.05, 0.1) is 12.8 Å². The van der Waals surface area contributed by atoms with Gasteiger partial charge in [-0.05, 0) is 78.9 Å². The van der Waals surface area contributed by atoms with E-state index in [9.17, 15) is 9.18 Å². The van der Waals surface area contributed by atoms with Crippen molar-refractivity contribution in [1.82, 2.24) is 9.47 Å². The molecule has 1 saturated heterocycles. The largest absolute Gasteiger partial charge is 0.468 e. The molecule has 1 aromatic heterocycles. The van der Waals surface area contributed by atoms with Crippen molar-refractivity contribution in [2.45, 2.75) is 31.8 Å². The van der Waals surface area contributed by atoms with E-state index >= 15 is 0 Å². The summed E-state index contributed by atoms with van der Waals surface area (Å²) in [6, 6.07) is 20.4. The van der Waals surface area contributed by atoms with Gasteiger partial charge in [-0.15, -0.1) is 0 Å². The van der Waals surface area contributed by atoms with Crippen LogP contribution in [0.3, 0.4) is 0 Å². The minimum absolute atomic E-state index is 0.0515. The normalized spacial score (nSPS) is 14.9. The molecular weight excluding hydrogens is 498 g/mol. The maximum atomic E-state index is 14.4. The van der Waals surface area contributed by atoms with Crippen molar-refractivity contribution in [3.05, 3.63) is 93.7 Å². The van der Waals surface area contributed by atoms with Crippen molar-refractivity contribution in [2.75, 3.05) is 20.2 Å². The van der Waals surface area contributed by atoms with Gasteiger partial charge in [0.15, 0.2) is 0 Å². The third kappa shape index (κ3) is 4.88. The lowest BCUT2D eigenvalue weighted by Crippen LogP contribution is -2.32. The first-order valence-corrected chi connectivity index (χ1v) is 12.8. The third-order valence-corrected chi connectivity index (χ3v) is 7.73. The molecule has 1 aliphatic rings. The minimum Gasteiger partial charge on any atom is -0.468 e. The van der Waals surface area contributed by atoms with Crippen LogP contribution in [-0.4, -0.2) is 35.6 Å². The van der Waals surface area contributed by atoms with Crippen LogP contribution in [0.15, 0.2) is 66.7 Å². The summed E-state index contributed by atoms with van der Waals surface area (Å²) in [7, 11) is 1.38. The zero-order valence-electron chi connectivity index (χ0n) is 20.0. The number of benzene rings is 3. The number of methoxy groups -OCH3 is 1. The Morgan fingerprint density at radius 3 is 2.36 bits per heavy atom. The average molecular weight is 525 g/mol. The van der Waals surface area contributed by atoms with Gasteiger partial charge in [-0.25, -0.2) is 4.39 Å². The Morgan fingerprint density at radius 1 is 1.00 bits per heavy atom. The number of aromatic nitrogens is 1. The minimum atomic E-state index is -0.350. The number of piperidine rings is 1. The lowest BCUT2D eigenvalue weighted by Gasteiger charge is -2.33. The average Bonchev–Trinajstić information content (AvgIpc) is 3.17. The lowest BCUT2D eigenvalue weighted by molar-refractivity contribution is -0.141. The molecule has 0 amide bonds. The first-order valence-electron chi connectivity index (χ1n) is 12.1. The van der Waals surface area contributed by atoms with E-state index in [-0.39, 0.29) is 18.3 Å². The van der Waals surface area contributed by atoms with Crippen molar-refractivity contribution >= 4 is 40.1 Å². The molecule has 1 aliphatic heterocycles. The standard InChI is InChI=1S/C29H27Cl2FN2O2/c1-36-27(35)18-34-26-11-10-21(32)16-22(26)23(29(34)20-6-3-2-4-7-20)17-33-14-12-19(13-15-33)28-24(30)8-5-9-25(28)31/h2-11,16,19H,12-15,17-18H2,1H3. The number of esters is 1. The van der Waals surface area contributed by atoms with E-state index in [2.05, 4.69) is 4.90 Å². The first kappa shape index (κ1) is 24.8. The number of rotatable bonds is 6. The van der Waals surface area contributed by atoms with Gasteiger partial charge in [-0.1, -0.05) is 59.6 Å². The smallest absolute Gasteiger partial charge is 0.325 e. The SMILES string of the molecule is COC(=O)Cn1c(-c2ccccc2)c(CN2CCC(c3c(Cl)cccc3Cl)CC2)c2cc(F)ccc21. The molecule has 0 unspecified atom stereocenters. The Labute approximate surface area is 220 Å². The fourth-order valence-electron chi connectivity index (χ4n) is 5.34. The van der Waals surface area contributed by atoms with E-state index in [1.165, 1.54) is 13.2 Å². The summed E-state index contributed by atoms with van der Waals surface area (Å²) in [5.41, 5.74) is 4.74. The summed E-state index contributed by atoms with van der Waals surface area (Å²) < 4.78 is 21.4. The fourth-order valence-corrected chi connectivity index (χ4v) is 6.05. The number of hydrogen-bond donors (Lipinski definition) is 0. The number of nitrogens with zero attached hydrogens (tertiary/aromatic N) is 2. The summed E-state index contributed by atoms with van der Waals surface area (Å²) >= 11 is 13.0. The van der Waals surface area contributed by atoms with Gasteiger partial charge in [0.1, 0.15) is 12.4 Å². The molecule has 2 heterocycles. The molecule has 0 N–H and O–H groups in total. The second-order valence-electron chi connectivity index (χ2n) is 9.20. The number of fused-ring (bicyclic) bond motifs is 1. The van der Waals surface area contributed by atoms with Crippen LogP contribution in [0.5, 0.6) is 0 Å². The van der Waals surface area contributed by atoms with Crippen LogP contribution in [0.2, 0.25) is 10.0 Å². The zero-order valence-corrected chi connectivity index (χ0v) is 21.5. The highest BCUT2D eigenvalue weighted by atomic mass is 35.5. The van der Waals surface area contributed by atoms with Crippen molar-refractivity contribution < 1.29 is 13.9 Å². The van der Waals surface area contributed by atoms with Crippen molar-refractivity contribution in [3.8, 4) is 11.3 Å². The van der Waals surface area contributed by atoms with Gasteiger partial charge in [0.2, 0.25) is 0 Å². The molecule has 0 radical (unpaired) electrons. The number of halogens is 3. The van der Waals surface area contributed by atoms with Crippen LogP contribution in [0.4, 0.5) is 4.39 Å². The fraction of sp³-hybridized carbons (Fsp3) is 0.276. The topological polar surface area (TPSA) is 34.5 Å². The highest BCUT2D eigenvalue weighted by Crippen LogP contribution is 2.39. The predicted octanol–water partition coefficient (Wildman–Crippen LogP) is 7.31. The Bertz CT molecular complexity index is 1380. The van der Waals surface area contributed by atoms with Crippen LogP contribution >= 0.6 is 23.2 Å². The third-order valence-electron chi connectivity index (χ3n) is 7.07. The molecule has 0 saturated carbocycles. The van der Waals surface area contributed by atoms with Gasteiger partial charge in [-0.3, -0.25) is 9.69 Å². The first-order chi connectivity index (χ1) is 17.5. The van der Waals surface area contributed by atoms with E-state index in [0.29, 0.717) is 22.5 Å². The zero-order chi connectivity index (χ0) is 25.2. The molecular formula is C29H27Cl2FN2O2. The van der Waals surface area contributed by atoms with Gasteiger partial charge in [0.25, 0.3) is 0 Å². The highest BCUT2D eigenvalue weighted by Gasteiger charge is 2.27. The van der Waals surface area contributed by atoms with E-state index < -0.39 is 0 Å². The van der Waals surface area contributed by atoms with Crippen molar-refractivity contribution in [2.24, 2.45) is 0 Å².